The lowest BCUT2D eigenvalue weighted by Crippen LogP contribution is -2.31. The highest BCUT2D eigenvalue weighted by molar-refractivity contribution is 7.88. The first-order chi connectivity index (χ1) is 13.2. The number of aliphatic hydroxyl groups is 1. The molecule has 1 atom stereocenters. The fraction of sp³-hybridized carbons (Fsp3) is 0.526. The van der Waals surface area contributed by atoms with Crippen molar-refractivity contribution < 1.29 is 32.6 Å². The summed E-state index contributed by atoms with van der Waals surface area (Å²) in [5.41, 5.74) is 0. The molecule has 0 spiro atoms. The largest absolute Gasteiger partial charge is 0.491 e. The quantitative estimate of drug-likeness (QED) is 0.356. The number of aliphatic hydroxyl groups excluding tert-OH is 1. The zero-order valence-electron chi connectivity index (χ0n) is 16.0. The molecule has 1 rings (SSSR count). The van der Waals surface area contributed by atoms with E-state index in [0.29, 0.717) is 25.1 Å². The van der Waals surface area contributed by atoms with Gasteiger partial charge in [0.05, 0.1) is 6.26 Å². The van der Waals surface area contributed by atoms with Crippen LogP contribution in [0.25, 0.3) is 0 Å². The van der Waals surface area contributed by atoms with E-state index in [9.17, 15) is 22.7 Å². The molecule has 0 heterocycles. The lowest BCUT2D eigenvalue weighted by molar-refractivity contribution is -0.137. The summed E-state index contributed by atoms with van der Waals surface area (Å²) in [4.78, 5) is 10.4. The van der Waals surface area contributed by atoms with Crippen molar-refractivity contribution in [2.75, 3.05) is 26.0 Å². The number of sulfonamides is 1. The first kappa shape index (κ1) is 24.1. The maximum Gasteiger partial charge on any atom is 0.303 e. The number of ether oxygens (including phenoxy) is 1. The number of benzene rings is 1. The van der Waals surface area contributed by atoms with Gasteiger partial charge in [0, 0.05) is 19.5 Å². The van der Waals surface area contributed by atoms with Crippen molar-refractivity contribution in [2.24, 2.45) is 0 Å². The molecule has 1 aromatic carbocycles. The topological polar surface area (TPSA) is 104 Å². The lowest BCUT2D eigenvalue weighted by atomic mass is 10.1. The first-order valence-electron chi connectivity index (χ1n) is 9.08. The number of carboxylic acids is 1. The summed E-state index contributed by atoms with van der Waals surface area (Å²) < 4.78 is 43.1. The van der Waals surface area contributed by atoms with E-state index in [1.807, 2.05) is 0 Å². The molecule has 0 amide bonds. The predicted molar refractivity (Wildman–Crippen MR) is 104 cm³/mol. The van der Waals surface area contributed by atoms with Crippen LogP contribution in [0.1, 0.15) is 32.1 Å². The summed E-state index contributed by atoms with van der Waals surface area (Å²) in [6.07, 6.45) is 6.03. The third-order valence-electron chi connectivity index (χ3n) is 3.92. The third-order valence-corrected chi connectivity index (χ3v) is 5.19. The Balaban J connectivity index is 2.36. The smallest absolute Gasteiger partial charge is 0.303 e. The van der Waals surface area contributed by atoms with Crippen molar-refractivity contribution in [1.82, 2.24) is 4.31 Å². The molecular formula is C19H28FNO6S. The number of hydrogen-bond acceptors (Lipinski definition) is 5. The van der Waals surface area contributed by atoms with Crippen molar-refractivity contribution in [3.8, 4) is 5.75 Å². The van der Waals surface area contributed by atoms with Gasteiger partial charge in [0.1, 0.15) is 24.3 Å². The molecule has 0 aliphatic heterocycles. The Kier molecular flexibility index (Phi) is 10.7. The minimum absolute atomic E-state index is 0.0371. The Bertz CT molecular complexity index is 720. The summed E-state index contributed by atoms with van der Waals surface area (Å²) in [5.74, 6) is -0.782. The second-order valence-electron chi connectivity index (χ2n) is 6.44. The van der Waals surface area contributed by atoms with Crippen LogP contribution in [0.4, 0.5) is 4.39 Å². The van der Waals surface area contributed by atoms with Crippen LogP contribution in [0.5, 0.6) is 5.75 Å². The van der Waals surface area contributed by atoms with Crippen molar-refractivity contribution in [1.29, 1.82) is 0 Å². The standard InChI is InChI=1S/C19H28FNO6S/c1-28(25,26)21(13-5-3-2-4-8-19(23)24)14-6-7-17(22)15-27-18-11-9-16(20)10-12-18/h6-7,9-12,17,22H,2-5,8,13-15H2,1H3,(H,23,24)/b7-6+. The van der Waals surface area contributed by atoms with E-state index in [0.717, 1.165) is 19.1 Å². The van der Waals surface area contributed by atoms with Crippen LogP contribution in [0.3, 0.4) is 0 Å². The molecule has 0 radical (unpaired) electrons. The van der Waals surface area contributed by atoms with Crippen molar-refractivity contribution in [2.45, 2.75) is 38.2 Å². The van der Waals surface area contributed by atoms with E-state index in [-0.39, 0.29) is 25.4 Å². The van der Waals surface area contributed by atoms with Crippen molar-refractivity contribution >= 4 is 16.0 Å². The molecule has 0 aliphatic carbocycles. The number of halogens is 1. The Labute approximate surface area is 165 Å². The van der Waals surface area contributed by atoms with Gasteiger partial charge in [-0.05, 0) is 37.1 Å². The first-order valence-corrected chi connectivity index (χ1v) is 10.9. The lowest BCUT2D eigenvalue weighted by Gasteiger charge is -2.18. The number of rotatable bonds is 14. The number of nitrogens with zero attached hydrogens (tertiary/aromatic N) is 1. The Morgan fingerprint density at radius 2 is 1.86 bits per heavy atom. The van der Waals surface area contributed by atoms with E-state index in [1.54, 1.807) is 6.08 Å². The molecule has 0 bridgehead atoms. The highest BCUT2D eigenvalue weighted by Gasteiger charge is 2.14. The van der Waals surface area contributed by atoms with E-state index >= 15 is 0 Å². The van der Waals surface area contributed by atoms with Gasteiger partial charge in [0.15, 0.2) is 0 Å². The summed E-state index contributed by atoms with van der Waals surface area (Å²) in [5, 5.41) is 18.5. The van der Waals surface area contributed by atoms with E-state index in [1.165, 1.54) is 34.6 Å². The zero-order chi connectivity index (χ0) is 21.0. The number of carboxylic acid groups (broad SMARTS) is 1. The molecule has 1 unspecified atom stereocenters. The molecule has 0 aromatic heterocycles. The van der Waals surface area contributed by atoms with E-state index < -0.39 is 22.1 Å². The number of aliphatic carboxylic acids is 1. The maximum atomic E-state index is 12.8. The van der Waals surface area contributed by atoms with Crippen LogP contribution in [0.2, 0.25) is 0 Å². The molecule has 0 saturated carbocycles. The zero-order valence-corrected chi connectivity index (χ0v) is 16.8. The van der Waals surface area contributed by atoms with E-state index in [4.69, 9.17) is 9.84 Å². The third kappa shape index (κ3) is 11.0. The van der Waals surface area contributed by atoms with Gasteiger partial charge in [-0.15, -0.1) is 0 Å². The molecule has 28 heavy (non-hydrogen) atoms. The van der Waals surface area contributed by atoms with Crippen LogP contribution in [0.15, 0.2) is 36.4 Å². The summed E-state index contributed by atoms with van der Waals surface area (Å²) >= 11 is 0. The minimum atomic E-state index is -3.39. The highest BCUT2D eigenvalue weighted by Crippen LogP contribution is 2.11. The molecule has 7 nitrogen and oxygen atoms in total. The molecule has 9 heteroatoms. The summed E-state index contributed by atoms with van der Waals surface area (Å²) in [6.45, 7) is 0.421. The molecular weight excluding hydrogens is 389 g/mol. The van der Waals surface area contributed by atoms with Crippen LogP contribution in [-0.4, -0.2) is 61.0 Å². The minimum Gasteiger partial charge on any atom is -0.491 e. The van der Waals surface area contributed by atoms with E-state index in [2.05, 4.69) is 0 Å². The van der Waals surface area contributed by atoms with Gasteiger partial charge in [-0.2, -0.15) is 4.31 Å². The predicted octanol–water partition coefficient (Wildman–Crippen LogP) is 2.42. The van der Waals surface area contributed by atoms with Crippen LogP contribution in [0, 0.1) is 5.82 Å². The average Bonchev–Trinajstić information content (AvgIpc) is 2.61. The van der Waals surface area contributed by atoms with Gasteiger partial charge in [-0.25, -0.2) is 12.8 Å². The van der Waals surface area contributed by atoms with Crippen LogP contribution in [-0.2, 0) is 14.8 Å². The number of hydrogen-bond donors (Lipinski definition) is 2. The SMILES string of the molecule is CS(=O)(=O)N(C/C=C/C(O)COc1ccc(F)cc1)CCCCCCC(=O)O. The molecule has 0 saturated heterocycles. The van der Waals surface area contributed by atoms with Crippen molar-refractivity contribution in [3.63, 3.8) is 0 Å². The molecule has 0 aliphatic rings. The van der Waals surface area contributed by atoms with Crippen molar-refractivity contribution in [3.05, 3.63) is 42.2 Å². The van der Waals surface area contributed by atoms with Gasteiger partial charge in [0.25, 0.3) is 0 Å². The molecule has 1 aromatic rings. The number of carbonyl (C=O) groups is 1. The number of unbranched alkanes of at least 4 members (excludes halogenated alkanes) is 3. The van der Waals surface area contributed by atoms with Gasteiger partial charge >= 0.3 is 5.97 Å². The van der Waals surface area contributed by atoms with Gasteiger partial charge in [0.2, 0.25) is 10.0 Å². The maximum absolute atomic E-state index is 12.8. The monoisotopic (exact) mass is 417 g/mol. The van der Waals surface area contributed by atoms with Gasteiger partial charge < -0.3 is 14.9 Å². The Morgan fingerprint density at radius 3 is 2.46 bits per heavy atom. The fourth-order valence-electron chi connectivity index (χ4n) is 2.41. The second-order valence-corrected chi connectivity index (χ2v) is 8.42. The Hall–Kier alpha value is -1.97. The van der Waals surface area contributed by atoms with Crippen LogP contribution < -0.4 is 4.74 Å². The summed E-state index contributed by atoms with van der Waals surface area (Å²) in [6, 6.07) is 5.41. The Morgan fingerprint density at radius 1 is 1.21 bits per heavy atom. The molecule has 0 fully saturated rings. The molecule has 2 N–H and O–H groups in total. The fourth-order valence-corrected chi connectivity index (χ4v) is 3.23. The highest BCUT2D eigenvalue weighted by atomic mass is 32.2. The van der Waals surface area contributed by atoms with Crippen LogP contribution >= 0.6 is 0 Å². The van der Waals surface area contributed by atoms with Gasteiger partial charge in [-0.3, -0.25) is 4.79 Å². The molecule has 158 valence electrons. The average molecular weight is 417 g/mol. The normalized spacial score (nSPS) is 13.1. The van der Waals surface area contributed by atoms with Gasteiger partial charge in [-0.1, -0.05) is 25.0 Å². The summed E-state index contributed by atoms with van der Waals surface area (Å²) in [7, 11) is -3.39. The second kappa shape index (κ2) is 12.5.